The molecule has 1 aliphatic heterocycles. The number of likely N-dealkylation sites (tertiary alicyclic amines) is 1. The molecule has 1 aromatic carbocycles. The minimum atomic E-state index is 0. The molecule has 2 fully saturated rings. The molecule has 0 spiro atoms. The van der Waals surface area contributed by atoms with Crippen LogP contribution in [0, 0.1) is 5.92 Å². The van der Waals surface area contributed by atoms with Gasteiger partial charge in [-0.25, -0.2) is 0 Å². The second-order valence-corrected chi connectivity index (χ2v) is 6.41. The molecular weight excluding hydrogens is 296 g/mol. The van der Waals surface area contributed by atoms with E-state index in [0.717, 1.165) is 18.2 Å². The molecule has 4 heteroatoms. The Bertz CT molecular complexity index is 459. The molecule has 3 nitrogen and oxygen atoms in total. The van der Waals surface area contributed by atoms with E-state index < -0.39 is 0 Å². The van der Waals surface area contributed by atoms with Gasteiger partial charge in [0.15, 0.2) is 0 Å². The highest BCUT2D eigenvalue weighted by Crippen LogP contribution is 2.34. The maximum Gasteiger partial charge on any atom is 0.242 e. The minimum absolute atomic E-state index is 0. The van der Waals surface area contributed by atoms with E-state index in [-0.39, 0.29) is 18.3 Å². The van der Waals surface area contributed by atoms with Crippen molar-refractivity contribution in [2.24, 2.45) is 5.92 Å². The Labute approximate surface area is 139 Å². The second-order valence-electron chi connectivity index (χ2n) is 6.41. The van der Waals surface area contributed by atoms with Crippen molar-refractivity contribution in [1.82, 2.24) is 4.90 Å². The zero-order chi connectivity index (χ0) is 14.5. The SMILES string of the molecule is Cl.O=C(CNc1ccccc1)N1CCCC1C1CCCCC1. The summed E-state index contributed by atoms with van der Waals surface area (Å²) in [5.74, 6) is 1.02. The fourth-order valence-electron chi connectivity index (χ4n) is 3.95. The third-order valence-corrected chi connectivity index (χ3v) is 5.03. The van der Waals surface area contributed by atoms with E-state index in [0.29, 0.717) is 12.6 Å². The number of nitrogens with one attached hydrogen (secondary N) is 1. The molecule has 1 saturated heterocycles. The molecule has 122 valence electrons. The van der Waals surface area contributed by atoms with Gasteiger partial charge in [0.25, 0.3) is 0 Å². The Morgan fingerprint density at radius 3 is 2.50 bits per heavy atom. The standard InChI is InChI=1S/C18H26N2O.ClH/c21-18(14-19-16-10-5-2-6-11-16)20-13-7-12-17(20)15-8-3-1-4-9-15;/h2,5-6,10-11,15,17,19H,1,3-4,7-9,12-14H2;1H. The Hall–Kier alpha value is -1.22. The molecule has 1 amide bonds. The largest absolute Gasteiger partial charge is 0.376 e. The van der Waals surface area contributed by atoms with Crippen LogP contribution in [0.1, 0.15) is 44.9 Å². The molecule has 1 N–H and O–H groups in total. The van der Waals surface area contributed by atoms with Gasteiger partial charge in [-0.2, -0.15) is 0 Å². The summed E-state index contributed by atoms with van der Waals surface area (Å²) < 4.78 is 0. The van der Waals surface area contributed by atoms with Gasteiger partial charge in [0.2, 0.25) is 5.91 Å². The van der Waals surface area contributed by atoms with E-state index in [1.165, 1.54) is 44.9 Å². The number of anilines is 1. The number of rotatable bonds is 4. The Kier molecular flexibility index (Phi) is 6.56. The lowest BCUT2D eigenvalue weighted by molar-refractivity contribution is -0.131. The molecule has 0 aromatic heterocycles. The van der Waals surface area contributed by atoms with Gasteiger partial charge >= 0.3 is 0 Å². The molecule has 0 bridgehead atoms. The third kappa shape index (κ3) is 4.16. The molecule has 1 saturated carbocycles. The number of amides is 1. The van der Waals surface area contributed by atoms with E-state index in [2.05, 4.69) is 10.2 Å². The predicted molar refractivity (Wildman–Crippen MR) is 93.5 cm³/mol. The normalized spacial score (nSPS) is 22.2. The van der Waals surface area contributed by atoms with Crippen molar-refractivity contribution >= 4 is 24.0 Å². The predicted octanol–water partition coefficient (Wildman–Crippen LogP) is 4.09. The van der Waals surface area contributed by atoms with Crippen molar-refractivity contribution in [3.63, 3.8) is 0 Å². The van der Waals surface area contributed by atoms with Crippen LogP contribution in [0.3, 0.4) is 0 Å². The van der Waals surface area contributed by atoms with E-state index in [1.54, 1.807) is 0 Å². The van der Waals surface area contributed by atoms with Crippen molar-refractivity contribution in [2.45, 2.75) is 51.0 Å². The summed E-state index contributed by atoms with van der Waals surface area (Å²) in [5, 5.41) is 3.25. The summed E-state index contributed by atoms with van der Waals surface area (Å²) in [7, 11) is 0. The number of hydrogen-bond donors (Lipinski definition) is 1. The summed E-state index contributed by atoms with van der Waals surface area (Å²) in [5.41, 5.74) is 1.03. The maximum absolute atomic E-state index is 12.5. The number of nitrogens with zero attached hydrogens (tertiary/aromatic N) is 1. The van der Waals surface area contributed by atoms with Crippen molar-refractivity contribution in [3.8, 4) is 0 Å². The fourth-order valence-corrected chi connectivity index (χ4v) is 3.95. The van der Waals surface area contributed by atoms with Crippen LogP contribution in [0.5, 0.6) is 0 Å². The Morgan fingerprint density at radius 1 is 1.05 bits per heavy atom. The first-order chi connectivity index (χ1) is 10.3. The molecular formula is C18H27ClN2O. The highest BCUT2D eigenvalue weighted by Gasteiger charge is 2.34. The lowest BCUT2D eigenvalue weighted by Crippen LogP contribution is -2.43. The lowest BCUT2D eigenvalue weighted by atomic mass is 9.83. The number of para-hydroxylation sites is 1. The van der Waals surface area contributed by atoms with E-state index in [9.17, 15) is 4.79 Å². The molecule has 0 radical (unpaired) electrons. The first kappa shape index (κ1) is 17.1. The lowest BCUT2D eigenvalue weighted by Gasteiger charge is -2.34. The fraction of sp³-hybridized carbons (Fsp3) is 0.611. The molecule has 1 atom stereocenters. The van der Waals surface area contributed by atoms with Crippen LogP contribution in [-0.2, 0) is 4.79 Å². The highest BCUT2D eigenvalue weighted by atomic mass is 35.5. The van der Waals surface area contributed by atoms with E-state index in [1.807, 2.05) is 30.3 Å². The van der Waals surface area contributed by atoms with Crippen LogP contribution in [0.4, 0.5) is 5.69 Å². The van der Waals surface area contributed by atoms with Gasteiger partial charge < -0.3 is 10.2 Å². The molecule has 1 unspecified atom stereocenters. The summed E-state index contributed by atoms with van der Waals surface area (Å²) in [4.78, 5) is 14.7. The van der Waals surface area contributed by atoms with Crippen LogP contribution < -0.4 is 5.32 Å². The number of benzene rings is 1. The van der Waals surface area contributed by atoms with E-state index >= 15 is 0 Å². The quantitative estimate of drug-likeness (QED) is 0.905. The molecule has 3 rings (SSSR count). The topological polar surface area (TPSA) is 32.3 Å². The zero-order valence-electron chi connectivity index (χ0n) is 13.2. The van der Waals surface area contributed by atoms with Crippen LogP contribution in [0.15, 0.2) is 30.3 Å². The monoisotopic (exact) mass is 322 g/mol. The average molecular weight is 323 g/mol. The Balaban J connectivity index is 0.00000176. The minimum Gasteiger partial charge on any atom is -0.376 e. The van der Waals surface area contributed by atoms with Gasteiger partial charge in [-0.3, -0.25) is 4.79 Å². The third-order valence-electron chi connectivity index (χ3n) is 5.03. The summed E-state index contributed by atoms with van der Waals surface area (Å²) >= 11 is 0. The van der Waals surface area contributed by atoms with Crippen molar-refractivity contribution in [2.75, 3.05) is 18.4 Å². The number of carbonyl (C=O) groups is 1. The average Bonchev–Trinajstić information content (AvgIpc) is 3.04. The van der Waals surface area contributed by atoms with Crippen LogP contribution in [0.25, 0.3) is 0 Å². The Morgan fingerprint density at radius 2 is 1.77 bits per heavy atom. The highest BCUT2D eigenvalue weighted by molar-refractivity contribution is 5.85. The maximum atomic E-state index is 12.5. The van der Waals surface area contributed by atoms with Gasteiger partial charge in [0.05, 0.1) is 6.54 Å². The first-order valence-electron chi connectivity index (χ1n) is 8.43. The first-order valence-corrected chi connectivity index (χ1v) is 8.43. The summed E-state index contributed by atoms with van der Waals surface area (Å²) in [6, 6.07) is 10.5. The smallest absolute Gasteiger partial charge is 0.242 e. The van der Waals surface area contributed by atoms with Gasteiger partial charge in [0.1, 0.15) is 0 Å². The molecule has 1 aromatic rings. The second kappa shape index (κ2) is 8.42. The van der Waals surface area contributed by atoms with Crippen LogP contribution >= 0.6 is 12.4 Å². The van der Waals surface area contributed by atoms with E-state index in [4.69, 9.17) is 0 Å². The van der Waals surface area contributed by atoms with Crippen molar-refractivity contribution in [3.05, 3.63) is 30.3 Å². The number of halogens is 1. The van der Waals surface area contributed by atoms with Gasteiger partial charge in [-0.05, 0) is 43.7 Å². The van der Waals surface area contributed by atoms with Gasteiger partial charge in [-0.1, -0.05) is 37.5 Å². The zero-order valence-corrected chi connectivity index (χ0v) is 14.0. The molecule has 1 aliphatic carbocycles. The van der Waals surface area contributed by atoms with Crippen LogP contribution in [-0.4, -0.2) is 29.9 Å². The van der Waals surface area contributed by atoms with Gasteiger partial charge in [0, 0.05) is 18.3 Å². The van der Waals surface area contributed by atoms with Crippen molar-refractivity contribution in [1.29, 1.82) is 0 Å². The number of hydrogen-bond acceptors (Lipinski definition) is 2. The molecule has 2 aliphatic rings. The van der Waals surface area contributed by atoms with Crippen molar-refractivity contribution < 1.29 is 4.79 Å². The summed E-state index contributed by atoms with van der Waals surface area (Å²) in [6.07, 6.45) is 9.12. The van der Waals surface area contributed by atoms with Gasteiger partial charge in [-0.15, -0.1) is 12.4 Å². The summed E-state index contributed by atoms with van der Waals surface area (Å²) in [6.45, 7) is 1.38. The molecule has 22 heavy (non-hydrogen) atoms. The van der Waals surface area contributed by atoms with Crippen LogP contribution in [0.2, 0.25) is 0 Å². The number of carbonyl (C=O) groups excluding carboxylic acids is 1. The molecule has 1 heterocycles.